The Balaban J connectivity index is 1.78. The summed E-state index contributed by atoms with van der Waals surface area (Å²) in [6.07, 6.45) is -4.36. The predicted octanol–water partition coefficient (Wildman–Crippen LogP) is 4.10. The molecule has 0 amide bonds. The van der Waals surface area contributed by atoms with Crippen LogP contribution in [0.5, 0.6) is 0 Å². The lowest BCUT2D eigenvalue weighted by Crippen LogP contribution is -2.25. The maximum absolute atomic E-state index is 12.7. The van der Waals surface area contributed by atoms with Crippen LogP contribution in [0.1, 0.15) is 11.1 Å². The van der Waals surface area contributed by atoms with Gasteiger partial charge < -0.3 is 10.6 Å². The molecular formula is C15H12F3N3. The van der Waals surface area contributed by atoms with Crippen LogP contribution in [-0.4, -0.2) is 5.96 Å². The van der Waals surface area contributed by atoms with E-state index in [1.165, 1.54) is 6.07 Å². The van der Waals surface area contributed by atoms with Gasteiger partial charge in [-0.2, -0.15) is 13.2 Å². The Morgan fingerprint density at radius 3 is 2.67 bits per heavy atom. The van der Waals surface area contributed by atoms with Gasteiger partial charge in [0, 0.05) is 11.4 Å². The van der Waals surface area contributed by atoms with Crippen LogP contribution in [0.3, 0.4) is 0 Å². The van der Waals surface area contributed by atoms with Crippen LogP contribution in [0.4, 0.5) is 24.5 Å². The zero-order chi connectivity index (χ0) is 14.9. The van der Waals surface area contributed by atoms with Gasteiger partial charge in [-0.15, -0.1) is 0 Å². The van der Waals surface area contributed by atoms with Crippen molar-refractivity contribution in [2.75, 3.05) is 10.6 Å². The topological polar surface area (TPSA) is 36.4 Å². The fraction of sp³-hybridized carbons (Fsp3) is 0.133. The van der Waals surface area contributed by atoms with Gasteiger partial charge in [0.05, 0.1) is 12.1 Å². The molecule has 0 atom stereocenters. The lowest BCUT2D eigenvalue weighted by molar-refractivity contribution is -0.137. The Kier molecular flexibility index (Phi) is 3.29. The molecule has 2 aromatic rings. The fourth-order valence-corrected chi connectivity index (χ4v) is 2.09. The smallest absolute Gasteiger partial charge is 0.326 e. The number of benzene rings is 2. The zero-order valence-electron chi connectivity index (χ0n) is 10.9. The molecule has 0 fully saturated rings. The second-order valence-corrected chi connectivity index (χ2v) is 4.65. The van der Waals surface area contributed by atoms with Crippen LogP contribution < -0.4 is 10.6 Å². The average Bonchev–Trinajstić information content (AvgIpc) is 2.46. The quantitative estimate of drug-likeness (QED) is 0.830. The summed E-state index contributed by atoms with van der Waals surface area (Å²) in [6.45, 7) is 0.491. The van der Waals surface area contributed by atoms with Crippen LogP contribution >= 0.6 is 0 Å². The molecule has 0 saturated heterocycles. The van der Waals surface area contributed by atoms with Crippen molar-refractivity contribution in [2.45, 2.75) is 12.7 Å². The second kappa shape index (κ2) is 5.12. The van der Waals surface area contributed by atoms with Crippen LogP contribution in [0.2, 0.25) is 0 Å². The summed E-state index contributed by atoms with van der Waals surface area (Å²) < 4.78 is 38.0. The number of halogens is 3. The summed E-state index contributed by atoms with van der Waals surface area (Å²) in [4.78, 5) is 4.27. The molecule has 3 rings (SSSR count). The Hall–Kier alpha value is -2.50. The van der Waals surface area contributed by atoms with E-state index in [0.29, 0.717) is 18.2 Å². The number of nitrogens with zero attached hydrogens (tertiary/aromatic N) is 1. The van der Waals surface area contributed by atoms with Gasteiger partial charge in [-0.3, -0.25) is 0 Å². The first-order chi connectivity index (χ1) is 10.0. The van der Waals surface area contributed by atoms with E-state index in [2.05, 4.69) is 15.6 Å². The Bertz CT molecular complexity index is 693. The second-order valence-electron chi connectivity index (χ2n) is 4.65. The minimum atomic E-state index is -4.36. The first kappa shape index (κ1) is 13.5. The van der Waals surface area contributed by atoms with Gasteiger partial charge in [0.15, 0.2) is 0 Å². The van der Waals surface area contributed by atoms with E-state index in [9.17, 15) is 13.2 Å². The van der Waals surface area contributed by atoms with Gasteiger partial charge >= 0.3 is 6.18 Å². The Morgan fingerprint density at radius 2 is 1.86 bits per heavy atom. The summed E-state index contributed by atoms with van der Waals surface area (Å²) in [7, 11) is 0. The highest BCUT2D eigenvalue weighted by Gasteiger charge is 2.30. The van der Waals surface area contributed by atoms with Crippen molar-refractivity contribution in [1.82, 2.24) is 0 Å². The van der Waals surface area contributed by atoms with Crippen molar-refractivity contribution in [3.8, 4) is 0 Å². The van der Waals surface area contributed by atoms with Crippen LogP contribution in [-0.2, 0) is 12.7 Å². The zero-order valence-corrected chi connectivity index (χ0v) is 10.9. The van der Waals surface area contributed by atoms with Crippen LogP contribution in [0.25, 0.3) is 0 Å². The SMILES string of the molecule is FC(F)(F)c1cccc(NC2=NCc3ccccc3N2)c1. The van der Waals surface area contributed by atoms with Crippen molar-refractivity contribution < 1.29 is 13.2 Å². The van der Waals surface area contributed by atoms with E-state index in [0.717, 1.165) is 23.4 Å². The molecule has 2 aromatic carbocycles. The number of alkyl halides is 3. The summed E-state index contributed by atoms with van der Waals surface area (Å²) in [5.74, 6) is 0.438. The van der Waals surface area contributed by atoms with Gasteiger partial charge in [0.1, 0.15) is 0 Å². The molecule has 0 radical (unpaired) electrons. The van der Waals surface area contributed by atoms with Crippen LogP contribution in [0.15, 0.2) is 53.5 Å². The van der Waals surface area contributed by atoms with Gasteiger partial charge in [0.2, 0.25) is 5.96 Å². The number of hydrogen-bond donors (Lipinski definition) is 2. The summed E-state index contributed by atoms with van der Waals surface area (Å²) in [6, 6.07) is 12.7. The highest BCUT2D eigenvalue weighted by atomic mass is 19.4. The highest BCUT2D eigenvalue weighted by Crippen LogP contribution is 2.30. The molecule has 1 aliphatic heterocycles. The van der Waals surface area contributed by atoms with Crippen molar-refractivity contribution in [2.24, 2.45) is 4.99 Å². The largest absolute Gasteiger partial charge is 0.416 e. The number of fused-ring (bicyclic) bond motifs is 1. The van der Waals surface area contributed by atoms with E-state index in [4.69, 9.17) is 0 Å². The monoisotopic (exact) mass is 291 g/mol. The van der Waals surface area contributed by atoms with Crippen molar-refractivity contribution in [3.05, 3.63) is 59.7 Å². The summed E-state index contributed by atoms with van der Waals surface area (Å²) in [5, 5.41) is 5.93. The first-order valence-electron chi connectivity index (χ1n) is 6.36. The maximum atomic E-state index is 12.7. The van der Waals surface area contributed by atoms with Crippen molar-refractivity contribution in [3.63, 3.8) is 0 Å². The molecule has 0 aromatic heterocycles. The first-order valence-corrected chi connectivity index (χ1v) is 6.36. The van der Waals surface area contributed by atoms with Crippen LogP contribution in [0, 0.1) is 0 Å². The third kappa shape index (κ3) is 2.99. The Morgan fingerprint density at radius 1 is 1.05 bits per heavy atom. The van der Waals surface area contributed by atoms with E-state index in [1.54, 1.807) is 6.07 Å². The highest BCUT2D eigenvalue weighted by molar-refractivity contribution is 6.05. The van der Waals surface area contributed by atoms with Crippen molar-refractivity contribution in [1.29, 1.82) is 0 Å². The summed E-state index contributed by atoms with van der Waals surface area (Å²) in [5.41, 5.74) is 1.61. The van der Waals surface area contributed by atoms with E-state index >= 15 is 0 Å². The number of aliphatic imine (C=N–C) groups is 1. The number of para-hydroxylation sites is 1. The number of hydrogen-bond acceptors (Lipinski definition) is 3. The number of nitrogens with one attached hydrogen (secondary N) is 2. The molecule has 108 valence electrons. The number of guanidine groups is 1. The molecule has 2 N–H and O–H groups in total. The molecule has 0 bridgehead atoms. The van der Waals surface area contributed by atoms with Crippen molar-refractivity contribution >= 4 is 17.3 Å². The molecule has 1 heterocycles. The molecular weight excluding hydrogens is 279 g/mol. The molecule has 0 saturated carbocycles. The predicted molar refractivity (Wildman–Crippen MR) is 76.3 cm³/mol. The van der Waals surface area contributed by atoms with Gasteiger partial charge in [-0.1, -0.05) is 24.3 Å². The average molecular weight is 291 g/mol. The number of rotatable bonds is 1. The third-order valence-electron chi connectivity index (χ3n) is 3.13. The van der Waals surface area contributed by atoms with E-state index in [-0.39, 0.29) is 0 Å². The summed E-state index contributed by atoms with van der Waals surface area (Å²) >= 11 is 0. The fourth-order valence-electron chi connectivity index (χ4n) is 2.09. The molecule has 21 heavy (non-hydrogen) atoms. The van der Waals surface area contributed by atoms with Gasteiger partial charge in [-0.05, 0) is 29.8 Å². The molecule has 0 unspecified atom stereocenters. The van der Waals surface area contributed by atoms with E-state index in [1.807, 2.05) is 24.3 Å². The minimum Gasteiger partial charge on any atom is -0.326 e. The number of anilines is 2. The molecule has 0 aliphatic carbocycles. The van der Waals surface area contributed by atoms with Gasteiger partial charge in [-0.25, -0.2) is 4.99 Å². The lowest BCUT2D eigenvalue weighted by Gasteiger charge is -2.19. The molecule has 0 spiro atoms. The molecule has 6 heteroatoms. The van der Waals surface area contributed by atoms with Gasteiger partial charge in [0.25, 0.3) is 0 Å². The minimum absolute atomic E-state index is 0.343. The molecule has 1 aliphatic rings. The normalized spacial score (nSPS) is 14.0. The third-order valence-corrected chi connectivity index (χ3v) is 3.13. The standard InChI is InChI=1S/C15H12F3N3/c16-15(17,18)11-5-3-6-12(8-11)20-14-19-9-10-4-1-2-7-13(10)21-14/h1-8H,9H2,(H2,19,20,21). The molecule has 3 nitrogen and oxygen atoms in total. The van der Waals surface area contributed by atoms with E-state index < -0.39 is 11.7 Å². The Labute approximate surface area is 119 Å². The lowest BCUT2D eigenvalue weighted by atomic mass is 10.1. The maximum Gasteiger partial charge on any atom is 0.416 e.